The Morgan fingerprint density at radius 2 is 2.17 bits per heavy atom. The van der Waals surface area contributed by atoms with Crippen LogP contribution in [0.4, 0.5) is 0 Å². The fraction of sp³-hybridized carbons (Fsp3) is 0.500. The highest BCUT2D eigenvalue weighted by atomic mass is 16.5. The van der Waals surface area contributed by atoms with E-state index in [1.807, 2.05) is 13.0 Å². The average molecular weight is 316 g/mol. The van der Waals surface area contributed by atoms with E-state index >= 15 is 0 Å². The maximum Gasteiger partial charge on any atom is 0.334 e. The molecular formula is C16H20N4O3. The van der Waals surface area contributed by atoms with Gasteiger partial charge >= 0.3 is 5.69 Å². The van der Waals surface area contributed by atoms with Crippen LogP contribution in [0.25, 0.3) is 5.82 Å². The van der Waals surface area contributed by atoms with Crippen LogP contribution in [0.2, 0.25) is 0 Å². The van der Waals surface area contributed by atoms with Gasteiger partial charge in [-0.3, -0.25) is 14.3 Å². The van der Waals surface area contributed by atoms with Crippen molar-refractivity contribution in [2.24, 2.45) is 11.8 Å². The Bertz CT molecular complexity index is 825. The van der Waals surface area contributed by atoms with Crippen molar-refractivity contribution < 1.29 is 4.74 Å². The summed E-state index contributed by atoms with van der Waals surface area (Å²) in [5, 5.41) is 8.20. The summed E-state index contributed by atoms with van der Waals surface area (Å²) in [5.74, 6) is 2.48. The highest BCUT2D eigenvalue weighted by Gasteiger charge is 2.42. The molecule has 2 aromatic heterocycles. The first-order valence-electron chi connectivity index (χ1n) is 7.84. The molecule has 1 N–H and O–H groups in total. The number of nitrogens with zero attached hydrogens (tertiary/aromatic N) is 3. The predicted octanol–water partition coefficient (Wildman–Crippen LogP) is 1.47. The molecule has 1 saturated carbocycles. The van der Waals surface area contributed by atoms with Crippen LogP contribution in [0.5, 0.6) is 5.88 Å². The van der Waals surface area contributed by atoms with Gasteiger partial charge in [-0.15, -0.1) is 10.2 Å². The van der Waals surface area contributed by atoms with Crippen molar-refractivity contribution >= 4 is 0 Å². The molecule has 2 aromatic rings. The first kappa shape index (κ1) is 15.5. The van der Waals surface area contributed by atoms with E-state index in [4.69, 9.17) is 4.74 Å². The second-order valence-corrected chi connectivity index (χ2v) is 6.13. The van der Waals surface area contributed by atoms with Crippen molar-refractivity contribution in [1.82, 2.24) is 19.7 Å². The summed E-state index contributed by atoms with van der Waals surface area (Å²) in [7, 11) is 0. The molecule has 0 saturated heterocycles. The molecule has 2 atom stereocenters. The van der Waals surface area contributed by atoms with Crippen molar-refractivity contribution in [3.05, 3.63) is 44.7 Å². The van der Waals surface area contributed by atoms with Gasteiger partial charge in [-0.05, 0) is 37.2 Å². The quantitative estimate of drug-likeness (QED) is 0.902. The summed E-state index contributed by atoms with van der Waals surface area (Å²) in [6.07, 6.45) is 2.49. The van der Waals surface area contributed by atoms with E-state index in [1.54, 1.807) is 0 Å². The summed E-state index contributed by atoms with van der Waals surface area (Å²) in [4.78, 5) is 25.3. The van der Waals surface area contributed by atoms with Gasteiger partial charge < -0.3 is 4.74 Å². The van der Waals surface area contributed by atoms with E-state index in [1.165, 1.54) is 16.8 Å². The number of hydrogen-bond donors (Lipinski definition) is 1. The molecule has 0 radical (unpaired) electrons. The van der Waals surface area contributed by atoms with E-state index in [0.29, 0.717) is 36.1 Å². The number of rotatable bonds is 5. The van der Waals surface area contributed by atoms with Crippen LogP contribution < -0.4 is 16.0 Å². The predicted molar refractivity (Wildman–Crippen MR) is 85.1 cm³/mol. The second kappa shape index (κ2) is 5.98. The van der Waals surface area contributed by atoms with Gasteiger partial charge in [-0.1, -0.05) is 13.8 Å². The molecule has 0 amide bonds. The zero-order chi connectivity index (χ0) is 16.6. The minimum atomic E-state index is -0.530. The lowest BCUT2D eigenvalue weighted by atomic mass is 10.0. The molecule has 7 nitrogen and oxygen atoms in total. The summed E-state index contributed by atoms with van der Waals surface area (Å²) in [6, 6.07) is 3.12. The molecule has 0 aromatic carbocycles. The molecule has 1 aliphatic rings. The Labute approximate surface area is 133 Å². The molecule has 23 heavy (non-hydrogen) atoms. The molecule has 122 valence electrons. The molecular weight excluding hydrogens is 296 g/mol. The Kier molecular flexibility index (Phi) is 4.02. The number of hydrogen-bond acceptors (Lipinski definition) is 5. The highest BCUT2D eigenvalue weighted by Crippen LogP contribution is 2.53. The zero-order valence-electron chi connectivity index (χ0n) is 13.4. The van der Waals surface area contributed by atoms with Crippen LogP contribution >= 0.6 is 0 Å². The summed E-state index contributed by atoms with van der Waals surface area (Å²) in [5.41, 5.74) is 0.0131. The standard InChI is InChI=1S/C16H20N4O3/c1-4-23-15-12(11-7-10(11)9(2)3)8-13(18-19-15)20-6-5-14(21)17-16(20)22/h5-6,8-11H,4,7H2,1-3H3,(H,17,21,22)/t10-,11+/m1/s1. The molecule has 1 aliphatic carbocycles. The second-order valence-electron chi connectivity index (χ2n) is 6.13. The number of aromatic nitrogens is 4. The van der Waals surface area contributed by atoms with Crippen molar-refractivity contribution in [1.29, 1.82) is 0 Å². The normalized spacial score (nSPS) is 19.8. The van der Waals surface area contributed by atoms with Gasteiger partial charge in [0.1, 0.15) is 0 Å². The lowest BCUT2D eigenvalue weighted by Gasteiger charge is -2.11. The number of aromatic amines is 1. The van der Waals surface area contributed by atoms with Crippen LogP contribution in [0, 0.1) is 11.8 Å². The van der Waals surface area contributed by atoms with Gasteiger partial charge in [0.15, 0.2) is 5.82 Å². The Morgan fingerprint density at radius 1 is 1.39 bits per heavy atom. The first-order valence-corrected chi connectivity index (χ1v) is 7.84. The van der Waals surface area contributed by atoms with Gasteiger partial charge in [-0.2, -0.15) is 0 Å². The van der Waals surface area contributed by atoms with Crippen LogP contribution in [-0.4, -0.2) is 26.4 Å². The van der Waals surface area contributed by atoms with Gasteiger partial charge in [-0.25, -0.2) is 4.79 Å². The van der Waals surface area contributed by atoms with Gasteiger partial charge in [0, 0.05) is 17.8 Å². The molecule has 0 unspecified atom stereocenters. The molecule has 7 heteroatoms. The topological polar surface area (TPSA) is 89.9 Å². The van der Waals surface area contributed by atoms with Crippen molar-refractivity contribution in [2.45, 2.75) is 33.1 Å². The molecule has 0 aliphatic heterocycles. The Balaban J connectivity index is 2.03. The smallest absolute Gasteiger partial charge is 0.334 e. The monoisotopic (exact) mass is 316 g/mol. The van der Waals surface area contributed by atoms with E-state index in [2.05, 4.69) is 29.0 Å². The number of ether oxygens (including phenoxy) is 1. The van der Waals surface area contributed by atoms with Gasteiger partial charge in [0.2, 0.25) is 5.88 Å². The fourth-order valence-electron chi connectivity index (χ4n) is 2.92. The number of nitrogens with one attached hydrogen (secondary N) is 1. The fourth-order valence-corrected chi connectivity index (χ4v) is 2.92. The zero-order valence-corrected chi connectivity index (χ0v) is 13.4. The molecule has 0 bridgehead atoms. The lowest BCUT2D eigenvalue weighted by Crippen LogP contribution is -2.28. The lowest BCUT2D eigenvalue weighted by molar-refractivity contribution is 0.317. The maximum atomic E-state index is 11.9. The number of H-pyrrole nitrogens is 1. The molecule has 0 spiro atoms. The van der Waals surface area contributed by atoms with E-state index in [-0.39, 0.29) is 0 Å². The molecule has 2 heterocycles. The van der Waals surface area contributed by atoms with Gasteiger partial charge in [0.25, 0.3) is 5.56 Å². The maximum absolute atomic E-state index is 11.9. The Morgan fingerprint density at radius 3 is 2.78 bits per heavy atom. The van der Waals surface area contributed by atoms with Crippen LogP contribution in [0.15, 0.2) is 27.9 Å². The first-order chi connectivity index (χ1) is 11.0. The van der Waals surface area contributed by atoms with Crippen molar-refractivity contribution in [2.75, 3.05) is 6.61 Å². The minimum Gasteiger partial charge on any atom is -0.477 e. The van der Waals surface area contributed by atoms with Crippen molar-refractivity contribution in [3.63, 3.8) is 0 Å². The summed E-state index contributed by atoms with van der Waals surface area (Å²) < 4.78 is 6.87. The minimum absolute atomic E-state index is 0.379. The Hall–Kier alpha value is -2.44. The largest absolute Gasteiger partial charge is 0.477 e. The molecule has 1 fully saturated rings. The third-order valence-corrected chi connectivity index (χ3v) is 4.22. The van der Waals surface area contributed by atoms with Crippen LogP contribution in [-0.2, 0) is 0 Å². The SMILES string of the molecule is CCOc1nnc(-n2ccc(=O)[nH]c2=O)cc1[C@H]1C[C@@H]1C(C)C. The summed E-state index contributed by atoms with van der Waals surface area (Å²) >= 11 is 0. The summed E-state index contributed by atoms with van der Waals surface area (Å²) in [6.45, 7) is 6.82. The third-order valence-electron chi connectivity index (χ3n) is 4.22. The van der Waals surface area contributed by atoms with Crippen LogP contribution in [0.1, 0.15) is 38.7 Å². The highest BCUT2D eigenvalue weighted by molar-refractivity contribution is 5.39. The molecule has 3 rings (SSSR count). The van der Waals surface area contributed by atoms with Crippen LogP contribution in [0.3, 0.4) is 0 Å². The average Bonchev–Trinajstić information content (AvgIpc) is 3.29. The van der Waals surface area contributed by atoms with E-state index in [9.17, 15) is 9.59 Å². The third kappa shape index (κ3) is 3.04. The van der Waals surface area contributed by atoms with Gasteiger partial charge in [0.05, 0.1) is 6.61 Å². The van der Waals surface area contributed by atoms with Crippen molar-refractivity contribution in [3.8, 4) is 11.7 Å². The van der Waals surface area contributed by atoms with E-state index < -0.39 is 11.2 Å². The van der Waals surface area contributed by atoms with E-state index in [0.717, 1.165) is 12.0 Å².